The first-order valence-electron chi connectivity index (χ1n) is 22.0. The smallest absolute Gasteiger partial charge is 0.0530 e. The molecule has 0 unspecified atom stereocenters. The largest absolute Gasteiger partial charge is 0.343 e. The van der Waals surface area contributed by atoms with Crippen molar-refractivity contribution in [3.63, 3.8) is 0 Å². The number of para-hydroxylation sites is 1. The Hall–Kier alpha value is -5.54. The second kappa shape index (κ2) is 17.8. The van der Waals surface area contributed by atoms with Crippen LogP contribution >= 0.6 is 0 Å². The molecule has 6 aromatic carbocycles. The summed E-state index contributed by atoms with van der Waals surface area (Å²) in [5.41, 5.74) is 15.5. The SMILES string of the molecule is CCCCN(c1ccc(C(c2ccc(N(CCCC)c3ccc(C(C)(C)C)cc3)cc2)c2c(-c3ccccc3)n(C)c3ccccc23)cc1)c1ccc(C(C)(C)C)cc1. The molecule has 7 rings (SSSR count). The Kier molecular flexibility index (Phi) is 12.5. The van der Waals surface area contributed by atoms with Gasteiger partial charge in [-0.25, -0.2) is 0 Å². The molecule has 0 aliphatic carbocycles. The minimum absolute atomic E-state index is 0.00438. The molecule has 0 amide bonds. The molecular formula is C56H65N3. The van der Waals surface area contributed by atoms with E-state index >= 15 is 0 Å². The zero-order chi connectivity index (χ0) is 41.7. The molecule has 0 aliphatic heterocycles. The minimum Gasteiger partial charge on any atom is -0.343 e. The quantitative estimate of drug-likeness (QED) is 0.109. The summed E-state index contributed by atoms with van der Waals surface area (Å²) in [6.07, 6.45) is 4.55. The summed E-state index contributed by atoms with van der Waals surface area (Å²) >= 11 is 0. The first-order chi connectivity index (χ1) is 28.4. The van der Waals surface area contributed by atoms with Gasteiger partial charge in [-0.05, 0) is 112 Å². The Morgan fingerprint density at radius 2 is 0.864 bits per heavy atom. The molecule has 3 nitrogen and oxygen atoms in total. The lowest BCUT2D eigenvalue weighted by Gasteiger charge is -2.28. The van der Waals surface area contributed by atoms with E-state index in [4.69, 9.17) is 0 Å². The van der Waals surface area contributed by atoms with Gasteiger partial charge in [-0.1, -0.05) is 165 Å². The first kappa shape index (κ1) is 41.6. The molecule has 1 heterocycles. The number of unbranched alkanes of at least 4 members (excludes halogenated alkanes) is 2. The third-order valence-corrected chi connectivity index (χ3v) is 12.1. The van der Waals surface area contributed by atoms with Crippen molar-refractivity contribution in [1.82, 2.24) is 4.57 Å². The predicted molar refractivity (Wildman–Crippen MR) is 256 cm³/mol. The van der Waals surface area contributed by atoms with Crippen LogP contribution in [0.1, 0.15) is 115 Å². The molecule has 0 N–H and O–H groups in total. The van der Waals surface area contributed by atoms with Gasteiger partial charge in [0.05, 0.1) is 5.69 Å². The number of rotatable bonds is 14. The molecule has 0 spiro atoms. The van der Waals surface area contributed by atoms with Crippen LogP contribution < -0.4 is 9.80 Å². The molecule has 3 heteroatoms. The van der Waals surface area contributed by atoms with Gasteiger partial charge in [-0.2, -0.15) is 0 Å². The number of hydrogen-bond donors (Lipinski definition) is 0. The lowest BCUT2D eigenvalue weighted by atomic mass is 9.82. The van der Waals surface area contributed by atoms with E-state index in [1.54, 1.807) is 0 Å². The van der Waals surface area contributed by atoms with Crippen LogP contribution in [0.4, 0.5) is 22.7 Å². The maximum Gasteiger partial charge on any atom is 0.0530 e. The molecule has 0 saturated heterocycles. The molecule has 1 aromatic heterocycles. The highest BCUT2D eigenvalue weighted by atomic mass is 15.1. The standard InChI is InChI=1S/C56H65N3/c1-10-12-39-58(48-35-27-44(28-36-48)55(3,4)5)46-31-23-41(24-32-46)52(53-50-21-17-18-22-51(50)57(9)54(53)43-19-15-14-16-20-43)42-25-33-47(34-26-42)59(40-13-11-2)49-37-29-45(30-38-49)56(6,7)8/h14-38,52H,10-13,39-40H2,1-9H3. The molecule has 0 atom stereocenters. The Morgan fingerprint density at radius 1 is 0.475 bits per heavy atom. The summed E-state index contributed by atoms with van der Waals surface area (Å²) in [7, 11) is 2.23. The number of aromatic nitrogens is 1. The summed E-state index contributed by atoms with van der Waals surface area (Å²) in [5.74, 6) is 0.00438. The van der Waals surface area contributed by atoms with Gasteiger partial charge < -0.3 is 14.4 Å². The fourth-order valence-electron chi connectivity index (χ4n) is 8.61. The van der Waals surface area contributed by atoms with Crippen LogP contribution in [-0.2, 0) is 17.9 Å². The maximum absolute atomic E-state index is 2.50. The van der Waals surface area contributed by atoms with Gasteiger partial charge in [0.1, 0.15) is 0 Å². The fraction of sp³-hybridized carbons (Fsp3) is 0.321. The van der Waals surface area contributed by atoms with Crippen molar-refractivity contribution in [3.8, 4) is 11.3 Å². The molecule has 0 fully saturated rings. The third kappa shape index (κ3) is 9.05. The predicted octanol–water partition coefficient (Wildman–Crippen LogP) is 15.5. The van der Waals surface area contributed by atoms with E-state index in [0.29, 0.717) is 0 Å². The number of nitrogens with zero attached hydrogens (tertiary/aromatic N) is 3. The Bertz CT molecular complexity index is 2290. The summed E-state index contributed by atoms with van der Waals surface area (Å²) in [5, 5.41) is 1.29. The van der Waals surface area contributed by atoms with Crippen LogP contribution in [0.25, 0.3) is 22.2 Å². The lowest BCUT2D eigenvalue weighted by Crippen LogP contribution is -2.19. The zero-order valence-corrected chi connectivity index (χ0v) is 37.1. The van der Waals surface area contributed by atoms with E-state index < -0.39 is 0 Å². The van der Waals surface area contributed by atoms with Crippen LogP contribution in [-0.4, -0.2) is 17.7 Å². The Labute approximate surface area is 355 Å². The van der Waals surface area contributed by atoms with Crippen LogP contribution in [0.5, 0.6) is 0 Å². The molecule has 59 heavy (non-hydrogen) atoms. The van der Waals surface area contributed by atoms with E-state index in [2.05, 4.69) is 228 Å². The number of fused-ring (bicyclic) bond motifs is 1. The van der Waals surface area contributed by atoms with Crippen molar-refractivity contribution in [3.05, 3.63) is 179 Å². The minimum atomic E-state index is 0.00438. The van der Waals surface area contributed by atoms with Gasteiger partial charge in [-0.15, -0.1) is 0 Å². The fourth-order valence-corrected chi connectivity index (χ4v) is 8.61. The third-order valence-electron chi connectivity index (χ3n) is 12.1. The zero-order valence-electron chi connectivity index (χ0n) is 37.1. The number of anilines is 4. The molecule has 0 aliphatic rings. The molecule has 7 aromatic rings. The summed E-state index contributed by atoms with van der Waals surface area (Å²) in [6.45, 7) is 20.2. The second-order valence-electron chi connectivity index (χ2n) is 18.4. The Balaban J connectivity index is 1.35. The normalized spacial score (nSPS) is 12.0. The molecular weight excluding hydrogens is 715 g/mol. The van der Waals surface area contributed by atoms with Gasteiger partial charge in [0, 0.05) is 59.7 Å². The number of aryl methyl sites for hydroxylation is 1. The van der Waals surface area contributed by atoms with Crippen molar-refractivity contribution >= 4 is 33.7 Å². The van der Waals surface area contributed by atoms with Gasteiger partial charge in [0.2, 0.25) is 0 Å². The van der Waals surface area contributed by atoms with Crippen LogP contribution in [0.3, 0.4) is 0 Å². The lowest BCUT2D eigenvalue weighted by molar-refractivity contribution is 0.590. The van der Waals surface area contributed by atoms with Crippen LogP contribution in [0.15, 0.2) is 152 Å². The highest BCUT2D eigenvalue weighted by molar-refractivity contribution is 5.93. The van der Waals surface area contributed by atoms with Gasteiger partial charge in [0.25, 0.3) is 0 Å². The van der Waals surface area contributed by atoms with Crippen LogP contribution in [0.2, 0.25) is 0 Å². The van der Waals surface area contributed by atoms with E-state index in [1.807, 2.05) is 0 Å². The molecule has 0 saturated carbocycles. The van der Waals surface area contributed by atoms with E-state index in [-0.39, 0.29) is 16.7 Å². The summed E-state index contributed by atoms with van der Waals surface area (Å²) in [4.78, 5) is 4.99. The van der Waals surface area contributed by atoms with Crippen molar-refractivity contribution in [2.45, 2.75) is 97.8 Å². The molecule has 0 bridgehead atoms. The van der Waals surface area contributed by atoms with E-state index in [9.17, 15) is 0 Å². The highest BCUT2D eigenvalue weighted by Gasteiger charge is 2.28. The van der Waals surface area contributed by atoms with Crippen molar-refractivity contribution in [1.29, 1.82) is 0 Å². The number of hydrogen-bond acceptors (Lipinski definition) is 2. The average Bonchev–Trinajstić information content (AvgIpc) is 3.53. The molecule has 0 radical (unpaired) electrons. The Morgan fingerprint density at radius 3 is 1.27 bits per heavy atom. The monoisotopic (exact) mass is 780 g/mol. The van der Waals surface area contributed by atoms with E-state index in [1.165, 1.54) is 72.7 Å². The van der Waals surface area contributed by atoms with Gasteiger partial charge in [0.15, 0.2) is 0 Å². The highest BCUT2D eigenvalue weighted by Crippen LogP contribution is 2.45. The van der Waals surface area contributed by atoms with Crippen molar-refractivity contribution in [2.75, 3.05) is 22.9 Å². The number of benzene rings is 6. The average molecular weight is 780 g/mol. The summed E-state index contributed by atoms with van der Waals surface area (Å²) in [6, 6.07) is 57.3. The van der Waals surface area contributed by atoms with Gasteiger partial charge in [-0.3, -0.25) is 0 Å². The van der Waals surface area contributed by atoms with Crippen LogP contribution in [0, 0.1) is 0 Å². The van der Waals surface area contributed by atoms with Crippen molar-refractivity contribution in [2.24, 2.45) is 7.05 Å². The molecule has 304 valence electrons. The second-order valence-corrected chi connectivity index (χ2v) is 18.4. The maximum atomic E-state index is 2.50. The van der Waals surface area contributed by atoms with Gasteiger partial charge >= 0.3 is 0 Å². The topological polar surface area (TPSA) is 11.4 Å². The van der Waals surface area contributed by atoms with E-state index in [0.717, 1.165) is 38.8 Å². The first-order valence-corrected chi connectivity index (χ1v) is 22.0. The summed E-state index contributed by atoms with van der Waals surface area (Å²) < 4.78 is 2.40. The van der Waals surface area contributed by atoms with Crippen molar-refractivity contribution < 1.29 is 0 Å².